The van der Waals surface area contributed by atoms with Crippen LogP contribution in [0.25, 0.3) is 0 Å². The largest absolute Gasteiger partial charge is 0.480 e. The number of hydrogen-bond donors (Lipinski definition) is 3. The molecule has 1 heterocycles. The van der Waals surface area contributed by atoms with Crippen molar-refractivity contribution >= 4 is 23.2 Å². The van der Waals surface area contributed by atoms with E-state index < -0.39 is 24.5 Å². The van der Waals surface area contributed by atoms with E-state index in [1.54, 1.807) is 12.3 Å². The van der Waals surface area contributed by atoms with Crippen LogP contribution in [0.1, 0.15) is 5.69 Å². The van der Waals surface area contributed by atoms with Gasteiger partial charge in [-0.25, -0.2) is 4.79 Å². The Morgan fingerprint density at radius 2 is 2.24 bits per heavy atom. The molecular formula is C9H12N2O5S. The Bertz CT molecular complexity index is 478. The highest BCUT2D eigenvalue weighted by molar-refractivity contribution is 7.07. The van der Waals surface area contributed by atoms with Crippen molar-refractivity contribution in [2.24, 2.45) is 0 Å². The highest BCUT2D eigenvalue weighted by Crippen LogP contribution is 1.99. The Morgan fingerprint density at radius 1 is 1.59 bits per heavy atom. The standard InChI is InChI=1S/C9H12N2O5S/c1-5-4-17-9(16)11(5)2-7(13)10-6(3-12)8(14)15/h4,6,12H,2-3H2,1H3,(H,10,13)(H,14,15). The molecule has 8 heteroatoms. The average molecular weight is 260 g/mol. The summed E-state index contributed by atoms with van der Waals surface area (Å²) < 4.78 is 1.23. The van der Waals surface area contributed by atoms with E-state index in [-0.39, 0.29) is 11.4 Å². The summed E-state index contributed by atoms with van der Waals surface area (Å²) in [6, 6.07) is -1.35. The second kappa shape index (κ2) is 5.60. The molecule has 0 aliphatic rings. The summed E-state index contributed by atoms with van der Waals surface area (Å²) in [6.45, 7) is 0.725. The number of nitrogens with zero attached hydrogens (tertiary/aromatic N) is 1. The number of rotatable bonds is 5. The van der Waals surface area contributed by atoms with Crippen LogP contribution in [0.5, 0.6) is 0 Å². The summed E-state index contributed by atoms with van der Waals surface area (Å²) in [5, 5.41) is 21.1. The van der Waals surface area contributed by atoms with Crippen LogP contribution in [-0.2, 0) is 16.1 Å². The SMILES string of the molecule is Cc1csc(=O)n1CC(=O)NC(CO)C(=O)O. The summed E-state index contributed by atoms with van der Waals surface area (Å²) in [5.74, 6) is -1.95. The minimum Gasteiger partial charge on any atom is -0.480 e. The predicted octanol–water partition coefficient (Wildman–Crippen LogP) is -1.22. The van der Waals surface area contributed by atoms with E-state index in [0.29, 0.717) is 5.69 Å². The number of aliphatic hydroxyl groups excluding tert-OH is 1. The molecule has 17 heavy (non-hydrogen) atoms. The first-order valence-corrected chi connectivity index (χ1v) is 5.61. The fourth-order valence-electron chi connectivity index (χ4n) is 1.17. The van der Waals surface area contributed by atoms with Crippen molar-refractivity contribution in [3.8, 4) is 0 Å². The van der Waals surface area contributed by atoms with Gasteiger partial charge in [0, 0.05) is 11.1 Å². The number of aromatic nitrogens is 1. The molecule has 0 saturated heterocycles. The van der Waals surface area contributed by atoms with Crippen molar-refractivity contribution in [3.05, 3.63) is 20.7 Å². The Labute approximate surface area is 100 Å². The van der Waals surface area contributed by atoms with Crippen molar-refractivity contribution in [2.45, 2.75) is 19.5 Å². The minimum atomic E-state index is -1.35. The zero-order valence-electron chi connectivity index (χ0n) is 9.04. The second-order valence-corrected chi connectivity index (χ2v) is 4.19. The lowest BCUT2D eigenvalue weighted by Gasteiger charge is -2.12. The number of aryl methyl sites for hydroxylation is 1. The topological polar surface area (TPSA) is 109 Å². The average Bonchev–Trinajstić information content (AvgIpc) is 2.57. The first-order valence-electron chi connectivity index (χ1n) is 4.73. The number of aliphatic hydroxyl groups is 1. The Hall–Kier alpha value is -1.67. The third-order valence-electron chi connectivity index (χ3n) is 2.09. The van der Waals surface area contributed by atoms with Crippen LogP contribution >= 0.6 is 11.3 Å². The zero-order chi connectivity index (χ0) is 13.0. The van der Waals surface area contributed by atoms with Gasteiger partial charge in [-0.1, -0.05) is 11.3 Å². The van der Waals surface area contributed by atoms with Crippen LogP contribution in [0.15, 0.2) is 10.2 Å². The van der Waals surface area contributed by atoms with E-state index in [1.807, 2.05) is 0 Å². The fraction of sp³-hybridized carbons (Fsp3) is 0.444. The number of amides is 1. The van der Waals surface area contributed by atoms with Gasteiger partial charge in [0.15, 0.2) is 0 Å². The molecule has 0 aliphatic carbocycles. The molecule has 0 radical (unpaired) electrons. The van der Waals surface area contributed by atoms with Gasteiger partial charge < -0.3 is 15.5 Å². The molecule has 1 aromatic heterocycles. The molecule has 0 bridgehead atoms. The normalized spacial score (nSPS) is 12.1. The van der Waals surface area contributed by atoms with Gasteiger partial charge in [0.2, 0.25) is 5.91 Å². The van der Waals surface area contributed by atoms with Crippen LogP contribution in [0.3, 0.4) is 0 Å². The van der Waals surface area contributed by atoms with Crippen LogP contribution < -0.4 is 10.2 Å². The third-order valence-corrected chi connectivity index (χ3v) is 2.98. The maximum absolute atomic E-state index is 11.4. The van der Waals surface area contributed by atoms with Gasteiger partial charge in [-0.2, -0.15) is 0 Å². The molecule has 7 nitrogen and oxygen atoms in total. The van der Waals surface area contributed by atoms with Crippen LogP contribution in [-0.4, -0.2) is 39.3 Å². The molecule has 0 saturated carbocycles. The fourth-order valence-corrected chi connectivity index (χ4v) is 1.90. The first-order chi connectivity index (χ1) is 7.95. The van der Waals surface area contributed by atoms with Gasteiger partial charge in [-0.05, 0) is 6.92 Å². The Balaban J connectivity index is 2.68. The summed E-state index contributed by atoms with van der Waals surface area (Å²) in [7, 11) is 0. The predicted molar refractivity (Wildman–Crippen MR) is 60.0 cm³/mol. The molecule has 0 aliphatic heterocycles. The van der Waals surface area contributed by atoms with Crippen molar-refractivity contribution in [1.29, 1.82) is 0 Å². The Kier molecular flexibility index (Phi) is 4.41. The van der Waals surface area contributed by atoms with E-state index in [2.05, 4.69) is 5.32 Å². The quantitative estimate of drug-likeness (QED) is 0.615. The van der Waals surface area contributed by atoms with E-state index in [9.17, 15) is 14.4 Å². The number of carbonyl (C=O) groups excluding carboxylic acids is 1. The molecule has 1 unspecified atom stereocenters. The van der Waals surface area contributed by atoms with Gasteiger partial charge in [0.05, 0.1) is 6.61 Å². The van der Waals surface area contributed by atoms with E-state index in [1.165, 1.54) is 4.57 Å². The van der Waals surface area contributed by atoms with Crippen LogP contribution in [0.4, 0.5) is 0 Å². The van der Waals surface area contributed by atoms with Gasteiger partial charge in [-0.3, -0.25) is 14.2 Å². The molecule has 3 N–H and O–H groups in total. The Morgan fingerprint density at radius 3 is 2.65 bits per heavy atom. The molecule has 0 fully saturated rings. The number of aliphatic carboxylic acids is 1. The number of carbonyl (C=O) groups is 2. The van der Waals surface area contributed by atoms with E-state index >= 15 is 0 Å². The number of carboxylic acids is 1. The maximum Gasteiger partial charge on any atom is 0.328 e. The molecule has 1 aromatic rings. The highest BCUT2D eigenvalue weighted by atomic mass is 32.1. The lowest BCUT2D eigenvalue weighted by molar-refractivity contribution is -0.143. The van der Waals surface area contributed by atoms with E-state index in [0.717, 1.165) is 11.3 Å². The zero-order valence-corrected chi connectivity index (χ0v) is 9.86. The number of thiazole rings is 1. The molecule has 0 aromatic carbocycles. The smallest absolute Gasteiger partial charge is 0.328 e. The van der Waals surface area contributed by atoms with Crippen molar-refractivity contribution in [2.75, 3.05) is 6.61 Å². The van der Waals surface area contributed by atoms with Gasteiger partial charge in [-0.15, -0.1) is 0 Å². The summed E-state index contributed by atoms with van der Waals surface area (Å²) in [6.07, 6.45) is 0. The molecule has 0 spiro atoms. The third kappa shape index (κ3) is 3.40. The summed E-state index contributed by atoms with van der Waals surface area (Å²) in [4.78, 5) is 33.0. The highest BCUT2D eigenvalue weighted by Gasteiger charge is 2.19. The number of carboxylic acid groups (broad SMARTS) is 1. The monoisotopic (exact) mass is 260 g/mol. The lowest BCUT2D eigenvalue weighted by Crippen LogP contribution is -2.45. The molecular weight excluding hydrogens is 248 g/mol. The second-order valence-electron chi connectivity index (χ2n) is 3.37. The first kappa shape index (κ1) is 13.4. The maximum atomic E-state index is 11.4. The van der Waals surface area contributed by atoms with Crippen LogP contribution in [0.2, 0.25) is 0 Å². The van der Waals surface area contributed by atoms with Gasteiger partial charge in [0.1, 0.15) is 12.6 Å². The summed E-state index contributed by atoms with van der Waals surface area (Å²) in [5.41, 5.74) is 0.631. The molecule has 1 atom stereocenters. The van der Waals surface area contributed by atoms with Crippen LogP contribution in [0, 0.1) is 6.92 Å². The van der Waals surface area contributed by atoms with Crippen molar-refractivity contribution < 1.29 is 19.8 Å². The summed E-state index contributed by atoms with van der Waals surface area (Å²) >= 11 is 0.966. The lowest BCUT2D eigenvalue weighted by atomic mass is 10.3. The molecule has 94 valence electrons. The van der Waals surface area contributed by atoms with Gasteiger partial charge >= 0.3 is 10.8 Å². The number of nitrogens with one attached hydrogen (secondary N) is 1. The molecule has 1 amide bonds. The minimum absolute atomic E-state index is 0.252. The molecule has 1 rings (SSSR count). The van der Waals surface area contributed by atoms with Crippen molar-refractivity contribution in [3.63, 3.8) is 0 Å². The number of hydrogen-bond acceptors (Lipinski definition) is 5. The van der Waals surface area contributed by atoms with Gasteiger partial charge in [0.25, 0.3) is 0 Å². The van der Waals surface area contributed by atoms with Crippen molar-refractivity contribution in [1.82, 2.24) is 9.88 Å². The van der Waals surface area contributed by atoms with E-state index in [4.69, 9.17) is 10.2 Å².